The Labute approximate surface area is 194 Å². The van der Waals surface area contributed by atoms with Gasteiger partial charge in [0.25, 0.3) is 11.8 Å². The van der Waals surface area contributed by atoms with E-state index in [2.05, 4.69) is 20.6 Å². The van der Waals surface area contributed by atoms with Gasteiger partial charge in [-0.15, -0.1) is 0 Å². The molecule has 3 saturated carbocycles. The first-order valence-electron chi connectivity index (χ1n) is 10.7. The Bertz CT molecular complexity index is 1070. The molecule has 1 saturated heterocycles. The number of benzene rings is 1. The van der Waals surface area contributed by atoms with Gasteiger partial charge in [0.05, 0.1) is 30.6 Å². The minimum Gasteiger partial charge on any atom is -0.484 e. The first kappa shape index (κ1) is 21.8. The van der Waals surface area contributed by atoms with Gasteiger partial charge in [0.2, 0.25) is 0 Å². The lowest BCUT2D eigenvalue weighted by Gasteiger charge is -2.70. The molecule has 33 heavy (non-hydrogen) atoms. The number of carbonyl (C=O) groups excluding carboxylic acids is 2. The molecule has 174 valence electrons. The molecule has 11 heteroatoms. The minimum atomic E-state index is -0.605. The molecule has 4 fully saturated rings. The van der Waals surface area contributed by atoms with Crippen molar-refractivity contribution in [1.29, 1.82) is 0 Å². The topological polar surface area (TPSA) is 106 Å². The third kappa shape index (κ3) is 4.45. The molecular weight excluding hydrogens is 453 g/mol. The van der Waals surface area contributed by atoms with Gasteiger partial charge < -0.3 is 25.0 Å². The van der Waals surface area contributed by atoms with Crippen molar-refractivity contribution >= 4 is 29.2 Å². The average molecular weight is 476 g/mol. The van der Waals surface area contributed by atoms with Crippen molar-refractivity contribution in [2.24, 2.45) is 0 Å². The van der Waals surface area contributed by atoms with Crippen molar-refractivity contribution in [2.75, 3.05) is 37.8 Å². The van der Waals surface area contributed by atoms with Gasteiger partial charge in [-0.3, -0.25) is 14.6 Å². The number of halogens is 2. The van der Waals surface area contributed by atoms with Crippen LogP contribution in [0.25, 0.3) is 0 Å². The van der Waals surface area contributed by atoms with Crippen LogP contribution in [-0.2, 0) is 9.53 Å². The minimum absolute atomic E-state index is 0.00758. The summed E-state index contributed by atoms with van der Waals surface area (Å²) in [5.74, 6) is -0.284. The van der Waals surface area contributed by atoms with Crippen molar-refractivity contribution in [2.45, 2.75) is 30.3 Å². The first-order valence-corrected chi connectivity index (χ1v) is 11.1. The summed E-state index contributed by atoms with van der Waals surface area (Å²) in [6, 6.07) is 4.01. The summed E-state index contributed by atoms with van der Waals surface area (Å²) >= 11 is 5.64. The summed E-state index contributed by atoms with van der Waals surface area (Å²) in [6.07, 6.45) is 5.03. The first-order chi connectivity index (χ1) is 15.9. The highest BCUT2D eigenvalue weighted by atomic mass is 35.5. The van der Waals surface area contributed by atoms with Crippen LogP contribution in [0.5, 0.6) is 5.75 Å². The Balaban J connectivity index is 1.10. The number of hydrogen-bond donors (Lipinski definition) is 2. The van der Waals surface area contributed by atoms with Crippen LogP contribution in [0.4, 0.5) is 10.2 Å². The predicted molar refractivity (Wildman–Crippen MR) is 117 cm³/mol. The van der Waals surface area contributed by atoms with Crippen LogP contribution < -0.4 is 20.3 Å². The lowest BCUT2D eigenvalue weighted by atomic mass is 9.44. The van der Waals surface area contributed by atoms with E-state index < -0.39 is 5.82 Å². The average Bonchev–Trinajstić information content (AvgIpc) is 2.78. The normalized spacial score (nSPS) is 25.5. The van der Waals surface area contributed by atoms with Crippen LogP contribution in [-0.4, -0.2) is 65.8 Å². The fourth-order valence-electron chi connectivity index (χ4n) is 4.82. The van der Waals surface area contributed by atoms with E-state index in [9.17, 15) is 14.0 Å². The number of nitrogens with one attached hydrogen (secondary N) is 2. The van der Waals surface area contributed by atoms with Gasteiger partial charge in [-0.1, -0.05) is 11.6 Å². The second kappa shape index (κ2) is 8.42. The van der Waals surface area contributed by atoms with Crippen LogP contribution >= 0.6 is 11.6 Å². The maximum absolute atomic E-state index is 13.5. The van der Waals surface area contributed by atoms with Crippen molar-refractivity contribution in [3.8, 4) is 5.75 Å². The predicted octanol–water partition coefficient (Wildman–Crippen LogP) is 1.71. The second-order valence-corrected chi connectivity index (χ2v) is 9.23. The van der Waals surface area contributed by atoms with Gasteiger partial charge in [-0.25, -0.2) is 9.37 Å². The maximum atomic E-state index is 13.5. The Morgan fingerprint density at radius 1 is 1.15 bits per heavy atom. The van der Waals surface area contributed by atoms with E-state index in [4.69, 9.17) is 21.1 Å². The van der Waals surface area contributed by atoms with Crippen LogP contribution in [0.3, 0.4) is 0 Å². The summed E-state index contributed by atoms with van der Waals surface area (Å²) in [5.41, 5.74) is -0.396. The Morgan fingerprint density at radius 3 is 2.61 bits per heavy atom. The molecule has 2 aromatic rings. The molecule has 0 atom stereocenters. The largest absolute Gasteiger partial charge is 0.484 e. The summed E-state index contributed by atoms with van der Waals surface area (Å²) in [6.45, 7) is 2.44. The molecular formula is C22H23ClFN5O4. The van der Waals surface area contributed by atoms with E-state index in [0.717, 1.165) is 6.07 Å². The van der Waals surface area contributed by atoms with E-state index >= 15 is 0 Å². The zero-order valence-electron chi connectivity index (χ0n) is 17.8. The molecule has 1 aliphatic heterocycles. The molecule has 6 rings (SSSR count). The molecule has 1 aromatic carbocycles. The maximum Gasteiger partial charge on any atom is 0.272 e. The summed E-state index contributed by atoms with van der Waals surface area (Å²) in [4.78, 5) is 35.7. The number of ether oxygens (including phenoxy) is 2. The summed E-state index contributed by atoms with van der Waals surface area (Å²) < 4.78 is 24.2. The number of aromatic nitrogens is 2. The van der Waals surface area contributed by atoms with Crippen LogP contribution in [0.2, 0.25) is 5.02 Å². The number of hydrogen-bond acceptors (Lipinski definition) is 7. The van der Waals surface area contributed by atoms with E-state index in [1.807, 2.05) is 4.90 Å². The van der Waals surface area contributed by atoms with Gasteiger partial charge >= 0.3 is 0 Å². The molecule has 2 bridgehead atoms. The molecule has 0 spiro atoms. The van der Waals surface area contributed by atoms with Crippen molar-refractivity contribution in [3.63, 3.8) is 0 Å². The number of morpholine rings is 1. The van der Waals surface area contributed by atoms with Gasteiger partial charge in [-0.2, -0.15) is 0 Å². The summed E-state index contributed by atoms with van der Waals surface area (Å²) in [7, 11) is 0. The molecule has 2 N–H and O–H groups in total. The van der Waals surface area contributed by atoms with Gasteiger partial charge in [0.1, 0.15) is 23.1 Å². The summed E-state index contributed by atoms with van der Waals surface area (Å²) in [5, 5.41) is 6.01. The van der Waals surface area contributed by atoms with Crippen LogP contribution in [0.1, 0.15) is 29.8 Å². The van der Waals surface area contributed by atoms with E-state index in [0.29, 0.717) is 51.4 Å². The Morgan fingerprint density at radius 2 is 1.88 bits per heavy atom. The standard InChI is InChI=1S/C22H23ClFN5O4/c23-15-2-1-14(7-16(15)24)33-10-19(30)27-21-11-22(12-21,13-21)28-20(31)17-8-25-9-18(26-17)29-3-5-32-6-4-29/h1-2,7-9H,3-6,10-13H2,(H,27,30)(H,28,31). The van der Waals surface area contributed by atoms with E-state index in [-0.39, 0.29) is 46.0 Å². The highest BCUT2D eigenvalue weighted by molar-refractivity contribution is 6.30. The quantitative estimate of drug-likeness (QED) is 0.628. The third-order valence-electron chi connectivity index (χ3n) is 6.26. The van der Waals surface area contributed by atoms with E-state index in [1.165, 1.54) is 18.3 Å². The monoisotopic (exact) mass is 475 g/mol. The molecule has 0 unspecified atom stereocenters. The fourth-order valence-corrected chi connectivity index (χ4v) is 4.93. The smallest absolute Gasteiger partial charge is 0.272 e. The van der Waals surface area contributed by atoms with Crippen molar-refractivity contribution < 1.29 is 23.5 Å². The van der Waals surface area contributed by atoms with Crippen molar-refractivity contribution in [1.82, 2.24) is 20.6 Å². The fraction of sp³-hybridized carbons (Fsp3) is 0.455. The molecule has 9 nitrogen and oxygen atoms in total. The number of rotatable bonds is 7. The number of anilines is 1. The molecule has 0 radical (unpaired) electrons. The molecule has 2 heterocycles. The Hall–Kier alpha value is -2.98. The van der Waals surface area contributed by atoms with E-state index in [1.54, 1.807) is 6.20 Å². The van der Waals surface area contributed by atoms with Gasteiger partial charge in [0, 0.05) is 30.2 Å². The highest BCUT2D eigenvalue weighted by Crippen LogP contribution is 2.60. The molecule has 1 aromatic heterocycles. The molecule has 3 aliphatic carbocycles. The molecule has 4 aliphatic rings. The van der Waals surface area contributed by atoms with Crippen LogP contribution in [0.15, 0.2) is 30.6 Å². The SMILES string of the molecule is O=C(COc1ccc(Cl)c(F)c1)NC12CC(NC(=O)c3cncc(N4CCOCC4)n3)(C1)C2. The number of amides is 2. The second-order valence-electron chi connectivity index (χ2n) is 8.82. The lowest BCUT2D eigenvalue weighted by Crippen LogP contribution is -2.84. The zero-order valence-corrected chi connectivity index (χ0v) is 18.5. The molecule has 2 amide bonds. The highest BCUT2D eigenvalue weighted by Gasteiger charge is 2.69. The lowest BCUT2D eigenvalue weighted by molar-refractivity contribution is -0.141. The Kier molecular flexibility index (Phi) is 5.57. The van der Waals surface area contributed by atoms with Gasteiger partial charge in [-0.05, 0) is 31.4 Å². The third-order valence-corrected chi connectivity index (χ3v) is 6.57. The number of nitrogens with zero attached hydrogens (tertiary/aromatic N) is 3. The van der Waals surface area contributed by atoms with Crippen molar-refractivity contribution in [3.05, 3.63) is 47.1 Å². The van der Waals surface area contributed by atoms with Gasteiger partial charge in [0.15, 0.2) is 6.61 Å². The zero-order chi connectivity index (χ0) is 23.1. The number of carbonyl (C=O) groups is 2. The van der Waals surface area contributed by atoms with Crippen LogP contribution in [0, 0.1) is 5.82 Å².